The van der Waals surface area contributed by atoms with Gasteiger partial charge in [-0.3, -0.25) is 14.2 Å². The van der Waals surface area contributed by atoms with Gasteiger partial charge in [-0.05, 0) is 25.0 Å². The Morgan fingerprint density at radius 1 is 1.25 bits per heavy atom. The lowest BCUT2D eigenvalue weighted by molar-refractivity contribution is 0.0997. The molecule has 0 fully saturated rings. The van der Waals surface area contributed by atoms with Gasteiger partial charge < -0.3 is 10.8 Å². The molecular formula is C15H16N2O3. The van der Waals surface area contributed by atoms with Gasteiger partial charge in [-0.2, -0.15) is 0 Å². The predicted octanol–water partition coefficient (Wildman–Crippen LogP) is 1.32. The van der Waals surface area contributed by atoms with Crippen LogP contribution in [0.3, 0.4) is 0 Å². The van der Waals surface area contributed by atoms with Crippen LogP contribution in [0, 0.1) is 13.8 Å². The second-order valence-corrected chi connectivity index (χ2v) is 4.80. The lowest BCUT2D eigenvalue weighted by Gasteiger charge is -2.12. The molecule has 0 bridgehead atoms. The van der Waals surface area contributed by atoms with E-state index >= 15 is 0 Å². The van der Waals surface area contributed by atoms with Crippen molar-refractivity contribution in [1.82, 2.24) is 4.57 Å². The van der Waals surface area contributed by atoms with E-state index in [0.29, 0.717) is 5.56 Å². The Hall–Kier alpha value is -2.56. The number of pyridine rings is 1. The third-order valence-electron chi connectivity index (χ3n) is 3.18. The lowest BCUT2D eigenvalue weighted by atomic mass is 10.1. The van der Waals surface area contributed by atoms with Crippen LogP contribution in [-0.4, -0.2) is 15.6 Å². The molecule has 5 nitrogen and oxygen atoms in total. The summed E-state index contributed by atoms with van der Waals surface area (Å²) in [4.78, 5) is 23.6. The number of amides is 1. The van der Waals surface area contributed by atoms with Crippen molar-refractivity contribution in [2.24, 2.45) is 5.73 Å². The summed E-state index contributed by atoms with van der Waals surface area (Å²) in [6.45, 7) is 3.72. The maximum atomic E-state index is 12.2. The fourth-order valence-corrected chi connectivity index (χ4v) is 2.08. The maximum absolute atomic E-state index is 12.2. The highest BCUT2D eigenvalue weighted by Crippen LogP contribution is 2.14. The van der Waals surface area contributed by atoms with Crippen LogP contribution in [0.15, 0.2) is 35.1 Å². The molecule has 0 unspecified atom stereocenters. The van der Waals surface area contributed by atoms with Crippen LogP contribution in [0.5, 0.6) is 5.88 Å². The molecule has 0 spiro atoms. The number of nitrogens with zero attached hydrogens (tertiary/aromatic N) is 1. The van der Waals surface area contributed by atoms with Crippen LogP contribution in [0.1, 0.15) is 27.0 Å². The first-order valence-electron chi connectivity index (χ1n) is 6.19. The summed E-state index contributed by atoms with van der Waals surface area (Å²) in [6.07, 6.45) is 0. The van der Waals surface area contributed by atoms with Gasteiger partial charge in [0.25, 0.3) is 11.5 Å². The van der Waals surface area contributed by atoms with Crippen molar-refractivity contribution >= 4 is 5.91 Å². The molecule has 1 amide bonds. The van der Waals surface area contributed by atoms with E-state index in [9.17, 15) is 14.7 Å². The van der Waals surface area contributed by atoms with Gasteiger partial charge in [-0.15, -0.1) is 0 Å². The molecule has 0 radical (unpaired) electrons. The van der Waals surface area contributed by atoms with Crippen molar-refractivity contribution < 1.29 is 9.90 Å². The van der Waals surface area contributed by atoms with E-state index in [1.165, 1.54) is 6.07 Å². The second kappa shape index (κ2) is 5.21. The Kier molecular flexibility index (Phi) is 3.61. The van der Waals surface area contributed by atoms with Crippen LogP contribution in [0.4, 0.5) is 0 Å². The Labute approximate surface area is 116 Å². The molecule has 1 heterocycles. The Bertz CT molecular complexity index is 715. The van der Waals surface area contributed by atoms with Gasteiger partial charge >= 0.3 is 0 Å². The highest BCUT2D eigenvalue weighted by molar-refractivity contribution is 5.93. The summed E-state index contributed by atoms with van der Waals surface area (Å²) in [5, 5.41) is 9.91. The molecule has 1 aromatic carbocycles. The molecule has 3 N–H and O–H groups in total. The molecular weight excluding hydrogens is 256 g/mol. The van der Waals surface area contributed by atoms with Crippen molar-refractivity contribution in [3.05, 3.63) is 62.9 Å². The molecule has 0 aliphatic carbocycles. The Balaban J connectivity index is 2.52. The average Bonchev–Trinajstić information content (AvgIpc) is 2.36. The fraction of sp³-hybridized carbons (Fsp3) is 0.200. The largest absolute Gasteiger partial charge is 0.494 e. The predicted molar refractivity (Wildman–Crippen MR) is 75.9 cm³/mol. The van der Waals surface area contributed by atoms with Gasteiger partial charge in [-0.25, -0.2) is 0 Å². The van der Waals surface area contributed by atoms with Crippen LogP contribution >= 0.6 is 0 Å². The van der Waals surface area contributed by atoms with Crippen LogP contribution in [-0.2, 0) is 6.54 Å². The molecule has 5 heteroatoms. The zero-order valence-electron chi connectivity index (χ0n) is 11.4. The number of aryl methyl sites for hydroxylation is 2. The lowest BCUT2D eigenvalue weighted by Crippen LogP contribution is -2.31. The number of aromatic nitrogens is 1. The molecule has 1 aromatic heterocycles. The number of carbonyl (C=O) groups is 1. The summed E-state index contributed by atoms with van der Waals surface area (Å²) < 4.78 is 1.14. The van der Waals surface area contributed by atoms with Crippen molar-refractivity contribution in [2.75, 3.05) is 0 Å². The van der Waals surface area contributed by atoms with Crippen molar-refractivity contribution in [3.8, 4) is 5.88 Å². The molecule has 2 aromatic rings. The minimum Gasteiger partial charge on any atom is -0.494 e. The van der Waals surface area contributed by atoms with Crippen molar-refractivity contribution in [2.45, 2.75) is 20.4 Å². The van der Waals surface area contributed by atoms with Crippen molar-refractivity contribution in [1.29, 1.82) is 0 Å². The van der Waals surface area contributed by atoms with Crippen molar-refractivity contribution in [3.63, 3.8) is 0 Å². The molecule has 2 rings (SSSR count). The van der Waals surface area contributed by atoms with E-state index in [1.807, 2.05) is 31.2 Å². The van der Waals surface area contributed by atoms with E-state index < -0.39 is 11.5 Å². The molecule has 0 saturated heterocycles. The summed E-state index contributed by atoms with van der Waals surface area (Å²) >= 11 is 0. The highest BCUT2D eigenvalue weighted by Gasteiger charge is 2.16. The minimum absolute atomic E-state index is 0.0880. The zero-order chi connectivity index (χ0) is 14.9. The summed E-state index contributed by atoms with van der Waals surface area (Å²) in [5.74, 6) is -0.969. The van der Waals surface area contributed by atoms with Crippen LogP contribution in [0.2, 0.25) is 0 Å². The monoisotopic (exact) mass is 272 g/mol. The molecule has 104 valence electrons. The number of hydrogen-bond acceptors (Lipinski definition) is 3. The quantitative estimate of drug-likeness (QED) is 0.883. The summed E-state index contributed by atoms with van der Waals surface area (Å²) in [6, 6.07) is 8.94. The third kappa shape index (κ3) is 2.56. The fourth-order valence-electron chi connectivity index (χ4n) is 2.08. The standard InChI is InChI=1S/C15H16N2O3/c1-9-3-5-11(6-4-9)8-17-12(18)7-10(2)13(14(16)19)15(17)20/h3-7,18H,8H2,1-2H3,(H2,16,19). The van der Waals surface area contributed by atoms with E-state index in [0.717, 1.165) is 15.7 Å². The van der Waals surface area contributed by atoms with Gasteiger partial charge in [0, 0.05) is 6.07 Å². The Morgan fingerprint density at radius 2 is 1.85 bits per heavy atom. The Morgan fingerprint density at radius 3 is 2.40 bits per heavy atom. The molecule has 0 aliphatic heterocycles. The van der Waals surface area contributed by atoms with E-state index in [1.54, 1.807) is 6.92 Å². The normalized spacial score (nSPS) is 10.5. The average molecular weight is 272 g/mol. The highest BCUT2D eigenvalue weighted by atomic mass is 16.3. The summed E-state index contributed by atoms with van der Waals surface area (Å²) in [7, 11) is 0. The van der Waals surface area contributed by atoms with Crippen LogP contribution in [0.25, 0.3) is 0 Å². The van der Waals surface area contributed by atoms with E-state index in [-0.39, 0.29) is 18.0 Å². The first-order chi connectivity index (χ1) is 9.40. The van der Waals surface area contributed by atoms with E-state index in [4.69, 9.17) is 5.73 Å². The topological polar surface area (TPSA) is 85.3 Å². The summed E-state index contributed by atoms with van der Waals surface area (Å²) in [5.41, 5.74) is 6.88. The van der Waals surface area contributed by atoms with Gasteiger partial charge in [-0.1, -0.05) is 29.8 Å². The first-order valence-corrected chi connectivity index (χ1v) is 6.19. The number of primary amides is 1. The maximum Gasteiger partial charge on any atom is 0.266 e. The second-order valence-electron chi connectivity index (χ2n) is 4.80. The van der Waals surface area contributed by atoms with Gasteiger partial charge in [0.1, 0.15) is 5.56 Å². The van der Waals surface area contributed by atoms with E-state index in [2.05, 4.69) is 0 Å². The molecule has 20 heavy (non-hydrogen) atoms. The van der Waals surface area contributed by atoms with Gasteiger partial charge in [0.05, 0.1) is 6.54 Å². The number of benzene rings is 1. The number of hydrogen-bond donors (Lipinski definition) is 2. The molecule has 0 aliphatic rings. The van der Waals surface area contributed by atoms with Crippen LogP contribution < -0.4 is 11.3 Å². The molecule has 0 saturated carbocycles. The van der Waals surface area contributed by atoms with Gasteiger partial charge in [0.15, 0.2) is 5.88 Å². The first kappa shape index (κ1) is 13.9. The number of aromatic hydroxyl groups is 1. The van der Waals surface area contributed by atoms with Gasteiger partial charge in [0.2, 0.25) is 0 Å². The molecule has 0 atom stereocenters. The SMILES string of the molecule is Cc1ccc(Cn2c(O)cc(C)c(C(N)=O)c2=O)cc1. The number of rotatable bonds is 3. The minimum atomic E-state index is -0.787. The number of carbonyl (C=O) groups excluding carboxylic acids is 1. The zero-order valence-corrected chi connectivity index (χ0v) is 11.4. The smallest absolute Gasteiger partial charge is 0.266 e. The number of nitrogens with two attached hydrogens (primary N) is 1. The third-order valence-corrected chi connectivity index (χ3v) is 3.18.